The van der Waals surface area contributed by atoms with Crippen LogP contribution in [-0.4, -0.2) is 39.8 Å². The lowest BCUT2D eigenvalue weighted by molar-refractivity contribution is 0.173. The molecule has 1 saturated heterocycles. The summed E-state index contributed by atoms with van der Waals surface area (Å²) in [5.74, 6) is 0.775. The number of aromatic nitrogens is 2. The number of carboxylic acid groups (broad SMARTS) is 1. The van der Waals surface area contributed by atoms with Gasteiger partial charge >= 0.3 is 6.09 Å². The second kappa shape index (κ2) is 4.97. The van der Waals surface area contributed by atoms with E-state index in [-0.39, 0.29) is 5.54 Å². The van der Waals surface area contributed by atoms with E-state index in [0.29, 0.717) is 5.15 Å². The highest BCUT2D eigenvalue weighted by Crippen LogP contribution is 2.24. The molecule has 0 saturated carbocycles. The number of hydrogen-bond acceptors (Lipinski definition) is 4. The molecule has 0 bridgehead atoms. The van der Waals surface area contributed by atoms with Crippen LogP contribution in [0.1, 0.15) is 19.8 Å². The Balaban J connectivity index is 1.98. The van der Waals surface area contributed by atoms with Crippen LogP contribution in [0.4, 0.5) is 10.6 Å². The Morgan fingerprint density at radius 3 is 2.61 bits per heavy atom. The maximum Gasteiger partial charge on any atom is 0.405 e. The van der Waals surface area contributed by atoms with E-state index in [1.165, 1.54) is 6.20 Å². The molecule has 2 heterocycles. The molecule has 2 N–H and O–H groups in total. The molecule has 0 aliphatic carbocycles. The number of rotatable bonds is 2. The van der Waals surface area contributed by atoms with E-state index in [9.17, 15) is 4.79 Å². The maximum atomic E-state index is 10.7. The molecule has 1 aliphatic rings. The van der Waals surface area contributed by atoms with Gasteiger partial charge in [-0.15, -0.1) is 0 Å². The van der Waals surface area contributed by atoms with Crippen molar-refractivity contribution >= 4 is 23.5 Å². The SMILES string of the molecule is CC1(NC(=O)O)CCN(c2cnc(Cl)cn2)CC1. The van der Waals surface area contributed by atoms with Crippen molar-refractivity contribution in [2.75, 3.05) is 18.0 Å². The number of amides is 1. The van der Waals surface area contributed by atoms with Crippen molar-refractivity contribution in [3.05, 3.63) is 17.5 Å². The van der Waals surface area contributed by atoms with Crippen molar-refractivity contribution in [2.24, 2.45) is 0 Å². The Morgan fingerprint density at radius 1 is 1.44 bits per heavy atom. The standard InChI is InChI=1S/C11H15ClN4O2/c1-11(15-10(17)18)2-4-16(5-3-11)9-7-13-8(12)6-14-9/h6-7,15H,2-5H2,1H3,(H,17,18). The highest BCUT2D eigenvalue weighted by molar-refractivity contribution is 6.29. The van der Waals surface area contributed by atoms with Gasteiger partial charge in [0.05, 0.1) is 12.4 Å². The van der Waals surface area contributed by atoms with Crippen LogP contribution in [0.25, 0.3) is 0 Å². The third-order valence-electron chi connectivity index (χ3n) is 3.21. The molecule has 1 aromatic rings. The Kier molecular flexibility index (Phi) is 3.56. The predicted molar refractivity (Wildman–Crippen MR) is 68.1 cm³/mol. The Bertz CT molecular complexity index is 429. The molecule has 6 nitrogen and oxygen atoms in total. The van der Waals surface area contributed by atoms with E-state index in [1.54, 1.807) is 6.20 Å². The number of nitrogens with one attached hydrogen (secondary N) is 1. The number of carbonyl (C=O) groups is 1. The summed E-state index contributed by atoms with van der Waals surface area (Å²) in [4.78, 5) is 21.0. The summed E-state index contributed by atoms with van der Waals surface area (Å²) < 4.78 is 0. The topological polar surface area (TPSA) is 78.4 Å². The van der Waals surface area contributed by atoms with Crippen molar-refractivity contribution < 1.29 is 9.90 Å². The van der Waals surface area contributed by atoms with E-state index in [1.807, 2.05) is 6.92 Å². The Morgan fingerprint density at radius 2 is 2.11 bits per heavy atom. The van der Waals surface area contributed by atoms with Crippen LogP contribution in [0.2, 0.25) is 5.15 Å². The summed E-state index contributed by atoms with van der Waals surface area (Å²) in [6, 6.07) is 0. The summed E-state index contributed by atoms with van der Waals surface area (Å²) in [5.41, 5.74) is -0.359. The van der Waals surface area contributed by atoms with Crippen LogP contribution in [0, 0.1) is 0 Å². The van der Waals surface area contributed by atoms with E-state index in [0.717, 1.165) is 31.7 Å². The number of halogens is 1. The Hall–Kier alpha value is -1.56. The summed E-state index contributed by atoms with van der Waals surface area (Å²) in [5, 5.41) is 11.7. The highest BCUT2D eigenvalue weighted by Gasteiger charge is 2.31. The third kappa shape index (κ3) is 3.01. The zero-order valence-corrected chi connectivity index (χ0v) is 10.8. The predicted octanol–water partition coefficient (Wildman–Crippen LogP) is 1.76. The fraction of sp³-hybridized carbons (Fsp3) is 0.545. The Labute approximate surface area is 110 Å². The minimum absolute atomic E-state index is 0.359. The van der Waals surface area contributed by atoms with Crippen molar-refractivity contribution in [1.82, 2.24) is 15.3 Å². The van der Waals surface area contributed by atoms with Gasteiger partial charge in [0.15, 0.2) is 0 Å². The number of nitrogens with zero attached hydrogens (tertiary/aromatic N) is 3. The molecule has 1 aliphatic heterocycles. The number of hydrogen-bond donors (Lipinski definition) is 2. The molecule has 1 fully saturated rings. The summed E-state index contributed by atoms with van der Waals surface area (Å²) in [7, 11) is 0. The second-order valence-electron chi connectivity index (χ2n) is 4.68. The normalized spacial score (nSPS) is 18.4. The zero-order chi connectivity index (χ0) is 13.2. The minimum atomic E-state index is -0.975. The molecule has 98 valence electrons. The van der Waals surface area contributed by atoms with Crippen molar-refractivity contribution in [2.45, 2.75) is 25.3 Å². The van der Waals surface area contributed by atoms with Gasteiger partial charge in [0.2, 0.25) is 0 Å². The summed E-state index contributed by atoms with van der Waals surface area (Å²) >= 11 is 5.69. The fourth-order valence-corrected chi connectivity index (χ4v) is 2.18. The van der Waals surface area contributed by atoms with Gasteiger partial charge < -0.3 is 15.3 Å². The fourth-order valence-electron chi connectivity index (χ4n) is 2.08. The maximum absolute atomic E-state index is 10.7. The smallest absolute Gasteiger partial charge is 0.405 e. The molecule has 0 radical (unpaired) electrons. The highest BCUT2D eigenvalue weighted by atomic mass is 35.5. The first-order valence-electron chi connectivity index (χ1n) is 5.72. The second-order valence-corrected chi connectivity index (χ2v) is 5.06. The molecule has 0 unspecified atom stereocenters. The van der Waals surface area contributed by atoms with Gasteiger partial charge in [-0.05, 0) is 19.8 Å². The molecule has 0 aromatic carbocycles. The van der Waals surface area contributed by atoms with Gasteiger partial charge in [-0.25, -0.2) is 14.8 Å². The molecule has 2 rings (SSSR count). The number of anilines is 1. The summed E-state index contributed by atoms with van der Waals surface area (Å²) in [6.45, 7) is 3.41. The van der Waals surface area contributed by atoms with Crippen molar-refractivity contribution in [3.8, 4) is 0 Å². The monoisotopic (exact) mass is 270 g/mol. The van der Waals surface area contributed by atoms with E-state index in [2.05, 4.69) is 20.2 Å². The van der Waals surface area contributed by atoms with E-state index >= 15 is 0 Å². The molecule has 0 spiro atoms. The van der Waals surface area contributed by atoms with E-state index in [4.69, 9.17) is 16.7 Å². The van der Waals surface area contributed by atoms with Crippen LogP contribution in [0.3, 0.4) is 0 Å². The molecule has 1 amide bonds. The first-order chi connectivity index (χ1) is 8.48. The average molecular weight is 271 g/mol. The average Bonchev–Trinajstić information content (AvgIpc) is 2.30. The largest absolute Gasteiger partial charge is 0.465 e. The molecular weight excluding hydrogens is 256 g/mol. The van der Waals surface area contributed by atoms with Crippen molar-refractivity contribution in [3.63, 3.8) is 0 Å². The van der Waals surface area contributed by atoms with Crippen LogP contribution in [0.5, 0.6) is 0 Å². The minimum Gasteiger partial charge on any atom is -0.465 e. The first-order valence-corrected chi connectivity index (χ1v) is 6.10. The van der Waals surface area contributed by atoms with Crippen LogP contribution >= 0.6 is 11.6 Å². The lowest BCUT2D eigenvalue weighted by atomic mass is 9.90. The molecule has 0 atom stereocenters. The van der Waals surface area contributed by atoms with Crippen LogP contribution in [0.15, 0.2) is 12.4 Å². The lowest BCUT2D eigenvalue weighted by Crippen LogP contribution is -2.53. The van der Waals surface area contributed by atoms with Gasteiger partial charge in [-0.1, -0.05) is 11.6 Å². The zero-order valence-electron chi connectivity index (χ0n) is 10.1. The quantitative estimate of drug-likeness (QED) is 0.856. The van der Waals surface area contributed by atoms with Gasteiger partial charge in [-0.3, -0.25) is 0 Å². The van der Waals surface area contributed by atoms with Crippen molar-refractivity contribution in [1.29, 1.82) is 0 Å². The van der Waals surface area contributed by atoms with E-state index < -0.39 is 6.09 Å². The van der Waals surface area contributed by atoms with Gasteiger partial charge in [0.25, 0.3) is 0 Å². The van der Waals surface area contributed by atoms with Crippen LogP contribution in [-0.2, 0) is 0 Å². The van der Waals surface area contributed by atoms with Gasteiger partial charge in [0, 0.05) is 18.6 Å². The molecule has 7 heteroatoms. The van der Waals surface area contributed by atoms with Gasteiger partial charge in [-0.2, -0.15) is 0 Å². The lowest BCUT2D eigenvalue weighted by Gasteiger charge is -2.39. The van der Waals surface area contributed by atoms with Crippen LogP contribution < -0.4 is 10.2 Å². The third-order valence-corrected chi connectivity index (χ3v) is 3.40. The first kappa shape index (κ1) is 12.9. The molecule has 18 heavy (non-hydrogen) atoms. The van der Waals surface area contributed by atoms with Gasteiger partial charge in [0.1, 0.15) is 11.0 Å². The molecular formula is C11H15ClN4O2. The number of piperidine rings is 1. The summed E-state index contributed by atoms with van der Waals surface area (Å²) in [6.07, 6.45) is 3.65. The molecule has 1 aromatic heterocycles.